The lowest BCUT2D eigenvalue weighted by atomic mass is 9.95. The Morgan fingerprint density at radius 3 is 2.88 bits per heavy atom. The van der Waals surface area contributed by atoms with Crippen LogP contribution in [0.5, 0.6) is 0 Å². The maximum atomic E-state index is 10.0. The Labute approximate surface area is 148 Å². The Morgan fingerprint density at radius 2 is 2.16 bits per heavy atom. The minimum atomic E-state index is -0.420. The van der Waals surface area contributed by atoms with Crippen molar-refractivity contribution in [2.75, 3.05) is 33.4 Å². The number of hydrogen-bond acceptors (Lipinski definition) is 6. The zero-order valence-electron chi connectivity index (χ0n) is 15.1. The lowest BCUT2D eigenvalue weighted by molar-refractivity contribution is -0.106. The molecule has 0 saturated carbocycles. The number of aliphatic hydroxyl groups is 1. The summed E-state index contributed by atoms with van der Waals surface area (Å²) in [6.45, 7) is 6.06. The number of nitrogens with zero attached hydrogens (tertiary/aromatic N) is 4. The summed E-state index contributed by atoms with van der Waals surface area (Å²) in [6, 6.07) is 10.3. The molecule has 3 atom stereocenters. The van der Waals surface area contributed by atoms with Gasteiger partial charge in [-0.2, -0.15) is 0 Å². The number of para-hydroxylation sites is 1. The molecule has 2 aromatic rings. The molecular weight excluding hydrogens is 318 g/mol. The van der Waals surface area contributed by atoms with Crippen LogP contribution in [-0.2, 0) is 4.74 Å². The molecule has 0 spiro atoms. The minimum absolute atomic E-state index is 0.0317. The monoisotopic (exact) mass is 345 g/mol. The van der Waals surface area contributed by atoms with Crippen molar-refractivity contribution in [1.29, 1.82) is 0 Å². The third kappa shape index (κ3) is 3.59. The number of hydrogen-bond donors (Lipinski definition) is 2. The van der Waals surface area contributed by atoms with E-state index in [4.69, 9.17) is 4.74 Å². The Balaban J connectivity index is 1.73. The van der Waals surface area contributed by atoms with Crippen molar-refractivity contribution in [3.8, 4) is 5.69 Å². The van der Waals surface area contributed by atoms with Crippen molar-refractivity contribution in [2.24, 2.45) is 0 Å². The van der Waals surface area contributed by atoms with Gasteiger partial charge in [0.15, 0.2) is 0 Å². The molecule has 1 fully saturated rings. The summed E-state index contributed by atoms with van der Waals surface area (Å²) in [4.78, 5) is 2.21. The van der Waals surface area contributed by atoms with Gasteiger partial charge >= 0.3 is 0 Å². The first-order chi connectivity index (χ1) is 12.1. The van der Waals surface area contributed by atoms with Gasteiger partial charge < -0.3 is 15.2 Å². The van der Waals surface area contributed by atoms with E-state index >= 15 is 0 Å². The Morgan fingerprint density at radius 1 is 1.40 bits per heavy atom. The second-order valence-corrected chi connectivity index (χ2v) is 6.87. The van der Waals surface area contributed by atoms with E-state index in [2.05, 4.69) is 34.4 Å². The second-order valence-electron chi connectivity index (χ2n) is 6.87. The highest BCUT2D eigenvalue weighted by molar-refractivity contribution is 5.32. The first-order valence-corrected chi connectivity index (χ1v) is 8.68. The molecule has 136 valence electrons. The van der Waals surface area contributed by atoms with Crippen LogP contribution in [0.1, 0.15) is 25.6 Å². The normalized spacial score (nSPS) is 25.8. The van der Waals surface area contributed by atoms with Gasteiger partial charge in [0.25, 0.3) is 0 Å². The molecule has 3 rings (SSSR count). The van der Waals surface area contributed by atoms with Gasteiger partial charge in [0.05, 0.1) is 42.9 Å². The molecule has 7 heteroatoms. The van der Waals surface area contributed by atoms with Gasteiger partial charge in [-0.1, -0.05) is 23.4 Å². The quantitative estimate of drug-likeness (QED) is 0.814. The van der Waals surface area contributed by atoms with E-state index < -0.39 is 5.54 Å². The van der Waals surface area contributed by atoms with Gasteiger partial charge in [0.2, 0.25) is 0 Å². The Kier molecular flexibility index (Phi) is 5.48. The number of morpholine rings is 1. The third-order valence-electron chi connectivity index (χ3n) is 5.19. The van der Waals surface area contributed by atoms with Gasteiger partial charge in [-0.05, 0) is 33.0 Å². The van der Waals surface area contributed by atoms with E-state index in [1.54, 1.807) is 6.20 Å². The predicted molar refractivity (Wildman–Crippen MR) is 95.6 cm³/mol. The zero-order valence-corrected chi connectivity index (χ0v) is 15.1. The molecule has 25 heavy (non-hydrogen) atoms. The molecule has 1 aromatic carbocycles. The number of rotatable bonds is 6. The van der Waals surface area contributed by atoms with Gasteiger partial charge in [-0.3, -0.25) is 4.90 Å². The van der Waals surface area contributed by atoms with Crippen molar-refractivity contribution >= 4 is 0 Å². The highest BCUT2D eigenvalue weighted by Gasteiger charge is 2.40. The maximum absolute atomic E-state index is 10.0. The molecule has 1 aliphatic heterocycles. The summed E-state index contributed by atoms with van der Waals surface area (Å²) < 4.78 is 7.54. The summed E-state index contributed by atoms with van der Waals surface area (Å²) in [5, 5.41) is 21.8. The third-order valence-corrected chi connectivity index (χ3v) is 5.19. The second kappa shape index (κ2) is 7.61. The smallest absolute Gasteiger partial charge is 0.0812 e. The maximum Gasteiger partial charge on any atom is 0.0812 e. The van der Waals surface area contributed by atoms with E-state index in [9.17, 15) is 5.11 Å². The predicted octanol–water partition coefficient (Wildman–Crippen LogP) is 1.000. The van der Waals surface area contributed by atoms with Crippen LogP contribution in [0.15, 0.2) is 36.5 Å². The average Bonchev–Trinajstić information content (AvgIpc) is 3.13. The molecule has 1 aromatic heterocycles. The number of likely N-dealkylation sites (N-methyl/N-ethyl adjacent to an activating group) is 1. The lowest BCUT2D eigenvalue weighted by Crippen LogP contribution is -2.65. The van der Waals surface area contributed by atoms with Crippen molar-refractivity contribution < 1.29 is 9.84 Å². The fourth-order valence-corrected chi connectivity index (χ4v) is 3.25. The van der Waals surface area contributed by atoms with Gasteiger partial charge in [0.1, 0.15) is 0 Å². The molecule has 0 radical (unpaired) electrons. The summed E-state index contributed by atoms with van der Waals surface area (Å²) >= 11 is 0. The van der Waals surface area contributed by atoms with Crippen LogP contribution < -0.4 is 5.32 Å². The average molecular weight is 345 g/mol. The van der Waals surface area contributed by atoms with Crippen LogP contribution in [0.3, 0.4) is 0 Å². The molecular formula is C18H27N5O2. The van der Waals surface area contributed by atoms with Crippen molar-refractivity contribution in [3.05, 3.63) is 42.2 Å². The minimum Gasteiger partial charge on any atom is -0.394 e. The molecule has 0 aliphatic carbocycles. The van der Waals surface area contributed by atoms with E-state index in [1.807, 2.05) is 42.1 Å². The van der Waals surface area contributed by atoms with E-state index in [0.29, 0.717) is 19.8 Å². The summed E-state index contributed by atoms with van der Waals surface area (Å²) in [5.74, 6) is 0. The van der Waals surface area contributed by atoms with Crippen LogP contribution in [0.4, 0.5) is 0 Å². The molecule has 1 unspecified atom stereocenters. The summed E-state index contributed by atoms with van der Waals surface area (Å²) in [6.07, 6.45) is 1.78. The molecule has 1 aliphatic rings. The largest absolute Gasteiger partial charge is 0.394 e. The molecule has 0 amide bonds. The van der Waals surface area contributed by atoms with E-state index in [1.165, 1.54) is 0 Å². The molecule has 7 nitrogen and oxygen atoms in total. The van der Waals surface area contributed by atoms with E-state index in [-0.39, 0.29) is 18.7 Å². The number of ether oxygens (including phenoxy) is 1. The lowest BCUT2D eigenvalue weighted by Gasteiger charge is -2.47. The molecule has 1 saturated heterocycles. The van der Waals surface area contributed by atoms with Crippen LogP contribution >= 0.6 is 0 Å². The highest BCUT2D eigenvalue weighted by Crippen LogP contribution is 2.23. The van der Waals surface area contributed by atoms with Crippen LogP contribution in [-0.4, -0.2) is 70.0 Å². The number of aliphatic hydroxyl groups excluding tert-OH is 1. The first-order valence-electron chi connectivity index (χ1n) is 8.68. The molecule has 2 N–H and O–H groups in total. The fourth-order valence-electron chi connectivity index (χ4n) is 3.25. The highest BCUT2D eigenvalue weighted by atomic mass is 16.5. The zero-order chi connectivity index (χ0) is 17.9. The summed E-state index contributed by atoms with van der Waals surface area (Å²) in [7, 11) is 2.05. The first kappa shape index (κ1) is 18.0. The molecule has 0 bridgehead atoms. The Hall–Kier alpha value is -1.80. The number of aromatic nitrogens is 3. The van der Waals surface area contributed by atoms with E-state index in [0.717, 1.165) is 11.4 Å². The topological polar surface area (TPSA) is 75.4 Å². The summed E-state index contributed by atoms with van der Waals surface area (Å²) in [5.41, 5.74) is 1.54. The standard InChI is InChI=1S/C18H27N5O2/c1-14-10-25-13-18(12-24,22(14)3)11-19-15(2)17-9-20-21-23(17)16-7-5-4-6-8-16/h4-9,14-15,19,24H,10-13H2,1-3H3/t14-,15?,18+/m1/s1. The van der Waals surface area contributed by atoms with Crippen molar-refractivity contribution in [1.82, 2.24) is 25.2 Å². The van der Waals surface area contributed by atoms with Crippen molar-refractivity contribution in [2.45, 2.75) is 31.5 Å². The van der Waals surface area contributed by atoms with Crippen LogP contribution in [0, 0.1) is 0 Å². The Bertz CT molecular complexity index is 677. The van der Waals surface area contributed by atoms with Gasteiger partial charge in [0, 0.05) is 18.6 Å². The van der Waals surface area contributed by atoms with Gasteiger partial charge in [-0.15, -0.1) is 5.10 Å². The van der Waals surface area contributed by atoms with Crippen molar-refractivity contribution in [3.63, 3.8) is 0 Å². The SMILES string of the molecule is CC(NC[C@]1(CO)COC[C@@H](C)N1C)c1cnnn1-c1ccccc1. The van der Waals surface area contributed by atoms with Crippen LogP contribution in [0.25, 0.3) is 5.69 Å². The fraction of sp³-hybridized carbons (Fsp3) is 0.556. The number of benzene rings is 1. The number of nitrogens with one attached hydrogen (secondary N) is 1. The van der Waals surface area contributed by atoms with Crippen LogP contribution in [0.2, 0.25) is 0 Å². The van der Waals surface area contributed by atoms with Gasteiger partial charge in [-0.25, -0.2) is 4.68 Å². The molecule has 2 heterocycles.